The van der Waals surface area contributed by atoms with Crippen LogP contribution in [0.4, 0.5) is 0 Å². The van der Waals surface area contributed by atoms with Crippen molar-refractivity contribution in [3.05, 3.63) is 27.7 Å². The number of phenols is 1. The molecule has 100 valence electrons. The van der Waals surface area contributed by atoms with E-state index in [2.05, 4.69) is 18.7 Å². The Kier molecular flexibility index (Phi) is 4.41. The van der Waals surface area contributed by atoms with Crippen molar-refractivity contribution in [3.63, 3.8) is 0 Å². The van der Waals surface area contributed by atoms with E-state index in [1.165, 1.54) is 19.3 Å². The first-order chi connectivity index (χ1) is 8.49. The van der Waals surface area contributed by atoms with E-state index in [0.717, 1.165) is 5.56 Å². The molecule has 1 saturated heterocycles. The summed E-state index contributed by atoms with van der Waals surface area (Å²) in [6.45, 7) is 5.17. The summed E-state index contributed by atoms with van der Waals surface area (Å²) in [5.41, 5.74) is 0.813. The first-order valence-corrected chi connectivity index (χ1v) is 7.17. The normalized spacial score (nSPS) is 25.3. The Labute approximate surface area is 119 Å². The van der Waals surface area contributed by atoms with Crippen LogP contribution >= 0.6 is 23.2 Å². The van der Waals surface area contributed by atoms with Crippen molar-refractivity contribution in [2.75, 3.05) is 0 Å². The third kappa shape index (κ3) is 2.93. The van der Waals surface area contributed by atoms with Gasteiger partial charge in [-0.1, -0.05) is 29.6 Å². The summed E-state index contributed by atoms with van der Waals surface area (Å²) in [6.07, 6.45) is 3.69. The van der Waals surface area contributed by atoms with E-state index < -0.39 is 0 Å². The molecule has 1 aliphatic rings. The smallest absolute Gasteiger partial charge is 0.138 e. The van der Waals surface area contributed by atoms with Gasteiger partial charge in [-0.25, -0.2) is 0 Å². The average molecular weight is 288 g/mol. The van der Waals surface area contributed by atoms with Gasteiger partial charge in [0.1, 0.15) is 5.75 Å². The SMILES string of the molecule is C[C@@H]1CCC[C@H](C)N1Cc1cc(Cl)cc(Cl)c1O. The predicted octanol–water partition coefficient (Wildman–Crippen LogP) is 4.46. The lowest BCUT2D eigenvalue weighted by molar-refractivity contribution is 0.0944. The molecule has 2 nitrogen and oxygen atoms in total. The van der Waals surface area contributed by atoms with Crippen LogP contribution in [0, 0.1) is 0 Å². The first kappa shape index (κ1) is 14.0. The van der Waals surface area contributed by atoms with Gasteiger partial charge >= 0.3 is 0 Å². The minimum Gasteiger partial charge on any atom is -0.506 e. The highest BCUT2D eigenvalue weighted by Crippen LogP contribution is 2.34. The van der Waals surface area contributed by atoms with Crippen LogP contribution in [0.3, 0.4) is 0 Å². The number of nitrogens with zero attached hydrogens (tertiary/aromatic N) is 1. The van der Waals surface area contributed by atoms with Gasteiger partial charge in [0.2, 0.25) is 0 Å². The second-order valence-corrected chi connectivity index (χ2v) is 6.04. The van der Waals surface area contributed by atoms with Gasteiger partial charge in [0.05, 0.1) is 5.02 Å². The van der Waals surface area contributed by atoms with Crippen LogP contribution < -0.4 is 0 Å². The maximum atomic E-state index is 10.0. The van der Waals surface area contributed by atoms with Gasteiger partial charge in [0.15, 0.2) is 0 Å². The maximum absolute atomic E-state index is 10.0. The number of piperidine rings is 1. The summed E-state index contributed by atoms with van der Waals surface area (Å²) < 4.78 is 0. The van der Waals surface area contributed by atoms with Crippen LogP contribution in [0.15, 0.2) is 12.1 Å². The molecule has 0 radical (unpaired) electrons. The third-order valence-electron chi connectivity index (χ3n) is 3.84. The fourth-order valence-corrected chi connectivity index (χ4v) is 3.26. The molecule has 1 aromatic rings. The van der Waals surface area contributed by atoms with Gasteiger partial charge in [0.25, 0.3) is 0 Å². The topological polar surface area (TPSA) is 23.5 Å². The lowest BCUT2D eigenvalue weighted by Crippen LogP contribution is -2.42. The molecule has 2 atom stereocenters. The number of hydrogen-bond donors (Lipinski definition) is 1. The zero-order valence-corrected chi connectivity index (χ0v) is 12.3. The van der Waals surface area contributed by atoms with Gasteiger partial charge < -0.3 is 5.11 Å². The van der Waals surface area contributed by atoms with E-state index in [1.54, 1.807) is 12.1 Å². The van der Waals surface area contributed by atoms with Crippen molar-refractivity contribution >= 4 is 23.2 Å². The number of aromatic hydroxyl groups is 1. The van der Waals surface area contributed by atoms with Gasteiger partial charge in [-0.05, 0) is 38.8 Å². The lowest BCUT2D eigenvalue weighted by Gasteiger charge is -2.39. The van der Waals surface area contributed by atoms with Crippen molar-refractivity contribution in [1.29, 1.82) is 0 Å². The van der Waals surface area contributed by atoms with Crippen LogP contribution in [-0.4, -0.2) is 22.1 Å². The van der Waals surface area contributed by atoms with Gasteiger partial charge in [-0.3, -0.25) is 4.90 Å². The minimum absolute atomic E-state index is 0.158. The summed E-state index contributed by atoms with van der Waals surface area (Å²) in [4.78, 5) is 2.41. The van der Waals surface area contributed by atoms with E-state index in [4.69, 9.17) is 23.2 Å². The zero-order valence-electron chi connectivity index (χ0n) is 10.8. The number of hydrogen-bond acceptors (Lipinski definition) is 2. The Morgan fingerprint density at radius 3 is 2.44 bits per heavy atom. The molecule has 1 N–H and O–H groups in total. The highest BCUT2D eigenvalue weighted by Gasteiger charge is 2.25. The monoisotopic (exact) mass is 287 g/mol. The summed E-state index contributed by atoms with van der Waals surface area (Å²) in [5, 5.41) is 10.9. The van der Waals surface area contributed by atoms with Gasteiger partial charge in [0, 0.05) is 29.2 Å². The minimum atomic E-state index is 0.158. The molecule has 0 spiro atoms. The Morgan fingerprint density at radius 2 is 1.83 bits per heavy atom. The fourth-order valence-electron chi connectivity index (χ4n) is 2.72. The van der Waals surface area contributed by atoms with Crippen LogP contribution in [0.1, 0.15) is 38.7 Å². The molecule has 0 aliphatic carbocycles. The molecule has 1 aromatic carbocycles. The molecular formula is C14H19Cl2NO. The number of likely N-dealkylation sites (tertiary alicyclic amines) is 1. The molecular weight excluding hydrogens is 269 g/mol. The molecule has 1 aliphatic heterocycles. The highest BCUT2D eigenvalue weighted by molar-refractivity contribution is 6.35. The Balaban J connectivity index is 2.22. The second-order valence-electron chi connectivity index (χ2n) is 5.20. The van der Waals surface area contributed by atoms with Crippen LogP contribution in [0.5, 0.6) is 5.75 Å². The summed E-state index contributed by atoms with van der Waals surface area (Å²) in [7, 11) is 0. The molecule has 4 heteroatoms. The largest absolute Gasteiger partial charge is 0.506 e. The van der Waals surface area contributed by atoms with E-state index in [0.29, 0.717) is 28.7 Å². The molecule has 1 fully saturated rings. The Hall–Kier alpha value is -0.440. The summed E-state index contributed by atoms with van der Waals surface area (Å²) in [5.74, 6) is 0.158. The number of rotatable bonds is 2. The first-order valence-electron chi connectivity index (χ1n) is 6.41. The van der Waals surface area contributed by atoms with Gasteiger partial charge in [-0.2, -0.15) is 0 Å². The second kappa shape index (κ2) is 5.68. The Bertz CT molecular complexity index is 426. The molecule has 18 heavy (non-hydrogen) atoms. The molecule has 0 bridgehead atoms. The highest BCUT2D eigenvalue weighted by atomic mass is 35.5. The summed E-state index contributed by atoms with van der Waals surface area (Å²) in [6, 6.07) is 4.44. The van der Waals surface area contributed by atoms with E-state index in [9.17, 15) is 5.11 Å². The van der Waals surface area contributed by atoms with Crippen molar-refractivity contribution < 1.29 is 5.11 Å². The van der Waals surface area contributed by atoms with Crippen LogP contribution in [0.25, 0.3) is 0 Å². The lowest BCUT2D eigenvalue weighted by atomic mass is 9.96. The number of benzene rings is 1. The Morgan fingerprint density at radius 1 is 1.22 bits per heavy atom. The van der Waals surface area contributed by atoms with E-state index in [-0.39, 0.29) is 5.75 Å². The van der Waals surface area contributed by atoms with Crippen molar-refractivity contribution in [2.45, 2.75) is 51.7 Å². The zero-order chi connectivity index (χ0) is 13.3. The van der Waals surface area contributed by atoms with Crippen molar-refractivity contribution in [3.8, 4) is 5.75 Å². The van der Waals surface area contributed by atoms with E-state index >= 15 is 0 Å². The molecule has 0 amide bonds. The average Bonchev–Trinajstić information content (AvgIpc) is 2.30. The number of halogens is 2. The third-order valence-corrected chi connectivity index (χ3v) is 4.34. The fraction of sp³-hybridized carbons (Fsp3) is 0.571. The van der Waals surface area contributed by atoms with E-state index in [1.807, 2.05) is 0 Å². The quantitative estimate of drug-likeness (QED) is 0.868. The predicted molar refractivity (Wildman–Crippen MR) is 76.4 cm³/mol. The van der Waals surface area contributed by atoms with Crippen LogP contribution in [-0.2, 0) is 6.54 Å². The molecule has 0 unspecified atom stereocenters. The molecule has 1 heterocycles. The summed E-state index contributed by atoms with van der Waals surface area (Å²) >= 11 is 12.0. The van der Waals surface area contributed by atoms with Crippen molar-refractivity contribution in [1.82, 2.24) is 4.90 Å². The molecule has 0 aromatic heterocycles. The van der Waals surface area contributed by atoms with Crippen molar-refractivity contribution in [2.24, 2.45) is 0 Å². The van der Waals surface area contributed by atoms with Gasteiger partial charge in [-0.15, -0.1) is 0 Å². The van der Waals surface area contributed by atoms with Crippen LogP contribution in [0.2, 0.25) is 10.0 Å². The standard InChI is InChI=1S/C14H19Cl2NO/c1-9-4-3-5-10(2)17(9)8-11-6-12(15)7-13(16)14(11)18/h6-7,9-10,18H,3-5,8H2,1-2H3/t9-,10+. The molecule has 2 rings (SSSR count). The number of phenolic OH excluding ortho intramolecular Hbond substituents is 1. The maximum Gasteiger partial charge on any atom is 0.138 e. The molecule has 0 saturated carbocycles.